The van der Waals surface area contributed by atoms with Crippen LogP contribution in [-0.2, 0) is 35.7 Å². The molecule has 2 aromatic rings. The van der Waals surface area contributed by atoms with Crippen molar-refractivity contribution in [2.45, 2.75) is 9.79 Å². The minimum Gasteiger partial charge on any atom is -0.759 e. The minimum absolute atomic E-state index is 1.13. The molecule has 0 bridgehead atoms. The van der Waals surface area contributed by atoms with Crippen molar-refractivity contribution >= 4 is 35.7 Å². The molecule has 0 N–H and O–H groups in total. The van der Waals surface area contributed by atoms with Crippen molar-refractivity contribution in [3.8, 4) is 0 Å². The number of hydrogen-bond donors (Lipinski definition) is 0. The molecule has 0 unspecified atom stereocenters. The minimum atomic E-state index is -5.17. The van der Waals surface area contributed by atoms with E-state index in [9.17, 15) is 0 Å². The van der Waals surface area contributed by atoms with Crippen LogP contribution in [0, 0.1) is 0 Å². The SMILES string of the molecule is O=S(=O)([O-])[O-].[SH2+]c1ccccc1.[SH2+]c1ccccc1. The van der Waals surface area contributed by atoms with Gasteiger partial charge in [-0.2, -0.15) is 0 Å². The summed E-state index contributed by atoms with van der Waals surface area (Å²) in [5.41, 5.74) is 0. The van der Waals surface area contributed by atoms with Crippen molar-refractivity contribution in [1.82, 2.24) is 0 Å². The highest BCUT2D eigenvalue weighted by atomic mass is 32.3. The largest absolute Gasteiger partial charge is 0.759 e. The number of rotatable bonds is 0. The Morgan fingerprint density at radius 3 is 1.00 bits per heavy atom. The molecule has 0 spiro atoms. The molecule has 19 heavy (non-hydrogen) atoms. The van der Waals surface area contributed by atoms with Gasteiger partial charge in [0.15, 0.2) is 0 Å². The zero-order valence-electron chi connectivity index (χ0n) is 9.81. The van der Waals surface area contributed by atoms with Crippen LogP contribution in [0.25, 0.3) is 0 Å². The molecule has 0 aromatic heterocycles. The molecule has 2 rings (SSSR count). The van der Waals surface area contributed by atoms with E-state index < -0.39 is 10.4 Å². The fraction of sp³-hybridized carbons (Fsp3) is 0. The van der Waals surface area contributed by atoms with Crippen LogP contribution >= 0.6 is 0 Å². The van der Waals surface area contributed by atoms with Gasteiger partial charge >= 0.3 is 0 Å². The van der Waals surface area contributed by atoms with Crippen LogP contribution in [-0.4, -0.2) is 17.5 Å². The van der Waals surface area contributed by atoms with E-state index in [1.807, 2.05) is 60.7 Å². The first-order valence-corrected chi connectivity index (χ1v) is 7.32. The molecule has 7 heteroatoms. The second kappa shape index (κ2) is 9.88. The van der Waals surface area contributed by atoms with E-state index in [0.29, 0.717) is 0 Å². The Morgan fingerprint density at radius 1 is 0.684 bits per heavy atom. The molecule has 0 saturated heterocycles. The Kier molecular flexibility index (Phi) is 9.36. The van der Waals surface area contributed by atoms with Gasteiger partial charge in [0.1, 0.15) is 9.79 Å². The molecule has 0 amide bonds. The van der Waals surface area contributed by atoms with Gasteiger partial charge in [0.2, 0.25) is 0 Å². The van der Waals surface area contributed by atoms with E-state index >= 15 is 0 Å². The van der Waals surface area contributed by atoms with Crippen LogP contribution in [0.2, 0.25) is 0 Å². The predicted molar refractivity (Wildman–Crippen MR) is 80.2 cm³/mol. The molecule has 0 heterocycles. The Hall–Kier alpha value is -0.990. The summed E-state index contributed by atoms with van der Waals surface area (Å²) in [5, 5.41) is 0. The average Bonchev–Trinajstić information content (AvgIpc) is 2.29. The summed E-state index contributed by atoms with van der Waals surface area (Å²) in [6.45, 7) is 0. The van der Waals surface area contributed by atoms with Gasteiger partial charge in [0.05, 0.1) is 0 Å². The maximum atomic E-state index is 8.52. The van der Waals surface area contributed by atoms with Crippen LogP contribution < -0.4 is 0 Å². The molecule has 0 fully saturated rings. The topological polar surface area (TPSA) is 80.3 Å². The fourth-order valence-electron chi connectivity index (χ4n) is 0.876. The van der Waals surface area contributed by atoms with E-state index in [1.54, 1.807) is 0 Å². The van der Waals surface area contributed by atoms with Crippen LogP contribution in [0.5, 0.6) is 0 Å². The molecule has 2 aromatic carbocycles. The van der Waals surface area contributed by atoms with Crippen LogP contribution in [0.3, 0.4) is 0 Å². The summed E-state index contributed by atoms with van der Waals surface area (Å²) in [7, 11) is -5.17. The van der Waals surface area contributed by atoms with Crippen molar-refractivity contribution in [3.05, 3.63) is 60.7 Å². The fourth-order valence-corrected chi connectivity index (χ4v) is 1.26. The van der Waals surface area contributed by atoms with Crippen molar-refractivity contribution in [1.29, 1.82) is 0 Å². The third-order valence-electron chi connectivity index (χ3n) is 1.55. The van der Waals surface area contributed by atoms with Gasteiger partial charge in [-0.3, -0.25) is 8.42 Å². The molecule has 0 aliphatic heterocycles. The first-order valence-electron chi connectivity index (χ1n) is 4.99. The van der Waals surface area contributed by atoms with E-state index in [2.05, 4.69) is 25.3 Å². The molecule has 0 atom stereocenters. The zero-order chi connectivity index (χ0) is 14.7. The average molecular weight is 318 g/mol. The number of hydrogen-bond acceptors (Lipinski definition) is 4. The Balaban J connectivity index is 0.000000261. The molecule has 0 saturated carbocycles. The van der Waals surface area contributed by atoms with Gasteiger partial charge in [-0.05, 0) is 49.5 Å². The summed E-state index contributed by atoms with van der Waals surface area (Å²) in [5.74, 6) is 0. The molecular formula is C12H14O4S3. The Morgan fingerprint density at radius 2 is 0.895 bits per heavy atom. The number of benzene rings is 2. The first kappa shape index (κ1) is 18.0. The van der Waals surface area contributed by atoms with Gasteiger partial charge in [0.25, 0.3) is 0 Å². The highest BCUT2D eigenvalue weighted by molar-refractivity contribution is 7.79. The summed E-state index contributed by atoms with van der Waals surface area (Å²) in [4.78, 5) is 2.25. The highest BCUT2D eigenvalue weighted by Crippen LogP contribution is 1.93. The molecule has 0 aliphatic carbocycles. The maximum absolute atomic E-state index is 8.52. The molecular weight excluding hydrogens is 304 g/mol. The highest BCUT2D eigenvalue weighted by Gasteiger charge is 1.81. The van der Waals surface area contributed by atoms with Gasteiger partial charge < -0.3 is 9.11 Å². The summed E-state index contributed by atoms with van der Waals surface area (Å²) in [6.07, 6.45) is 0. The smallest absolute Gasteiger partial charge is 0.150 e. The van der Waals surface area contributed by atoms with Crippen LogP contribution in [0.15, 0.2) is 70.5 Å². The molecule has 104 valence electrons. The van der Waals surface area contributed by atoms with E-state index in [1.165, 1.54) is 0 Å². The second-order valence-electron chi connectivity index (χ2n) is 3.14. The monoisotopic (exact) mass is 318 g/mol. The summed E-state index contributed by atoms with van der Waals surface area (Å²) < 4.78 is 34.1. The van der Waals surface area contributed by atoms with Gasteiger partial charge in [0, 0.05) is 10.4 Å². The van der Waals surface area contributed by atoms with E-state index in [4.69, 9.17) is 17.5 Å². The van der Waals surface area contributed by atoms with Crippen LogP contribution in [0.1, 0.15) is 0 Å². The summed E-state index contributed by atoms with van der Waals surface area (Å²) >= 11 is 6.71. The maximum Gasteiger partial charge on any atom is 0.150 e. The van der Waals surface area contributed by atoms with Crippen molar-refractivity contribution in [3.63, 3.8) is 0 Å². The second-order valence-corrected chi connectivity index (χ2v) is 5.11. The molecule has 0 radical (unpaired) electrons. The lowest BCUT2D eigenvalue weighted by Crippen LogP contribution is -1.91. The quantitative estimate of drug-likeness (QED) is 0.408. The Labute approximate surface area is 123 Å². The van der Waals surface area contributed by atoms with Crippen LogP contribution in [0.4, 0.5) is 0 Å². The first-order chi connectivity index (χ1) is 8.79. The van der Waals surface area contributed by atoms with Gasteiger partial charge in [-0.25, -0.2) is 0 Å². The zero-order valence-corrected chi connectivity index (χ0v) is 12.6. The van der Waals surface area contributed by atoms with Gasteiger partial charge in [-0.15, -0.1) is 0 Å². The van der Waals surface area contributed by atoms with Crippen molar-refractivity contribution < 1.29 is 17.5 Å². The lowest BCUT2D eigenvalue weighted by molar-refractivity contribution is 0.352. The Bertz CT molecular complexity index is 496. The van der Waals surface area contributed by atoms with Gasteiger partial charge in [-0.1, -0.05) is 36.4 Å². The van der Waals surface area contributed by atoms with Crippen molar-refractivity contribution in [2.75, 3.05) is 0 Å². The summed E-state index contributed by atoms with van der Waals surface area (Å²) in [6, 6.07) is 19.9. The standard InChI is InChI=1S/2C6H6S.H2O4S/c2*7-6-4-2-1-3-5-6;1-5(2,3)4/h2*1-5,7H;(H2,1,2,3,4). The normalized spacial score (nSPS) is 9.47. The predicted octanol–water partition coefficient (Wildman–Crippen LogP) is 0.776. The molecule has 0 aliphatic rings. The third kappa shape index (κ3) is 17.0. The lowest BCUT2D eigenvalue weighted by atomic mass is 10.4. The lowest BCUT2D eigenvalue weighted by Gasteiger charge is -2.06. The van der Waals surface area contributed by atoms with E-state index in [-0.39, 0.29) is 0 Å². The molecule has 4 nitrogen and oxygen atoms in total. The van der Waals surface area contributed by atoms with Crippen molar-refractivity contribution in [2.24, 2.45) is 0 Å². The van der Waals surface area contributed by atoms with E-state index in [0.717, 1.165) is 9.79 Å². The third-order valence-corrected chi connectivity index (χ3v) is 2.21.